The molecule has 0 aliphatic heterocycles. The Labute approximate surface area is 93.7 Å². The summed E-state index contributed by atoms with van der Waals surface area (Å²) in [6, 6.07) is 2.19. The highest BCUT2D eigenvalue weighted by atomic mass is 16.6. The number of nitrogens with zero attached hydrogens (tertiary/aromatic N) is 1. The van der Waals surface area contributed by atoms with E-state index in [9.17, 15) is 25.1 Å². The number of phenolic OH excluding ortho intramolecular Hbond substituents is 2. The molecule has 0 unspecified atom stereocenters. The lowest BCUT2D eigenvalue weighted by Crippen LogP contribution is -1.99. The van der Waals surface area contributed by atoms with Crippen LogP contribution in [0.15, 0.2) is 21.3 Å². The summed E-state index contributed by atoms with van der Waals surface area (Å²) in [5.74, 6) is -1.73. The van der Waals surface area contributed by atoms with Crippen molar-refractivity contribution in [2.45, 2.75) is 6.92 Å². The van der Waals surface area contributed by atoms with E-state index in [0.717, 1.165) is 12.1 Å². The first-order valence-corrected chi connectivity index (χ1v) is 4.55. The summed E-state index contributed by atoms with van der Waals surface area (Å²) in [5, 5.41) is 29.8. The molecule has 0 bridgehead atoms. The SMILES string of the molecule is Cc1cc(=O)oc2c(O)c(O)c([N+](=O)[O-])cc12. The molecule has 0 spiro atoms. The number of hydrogen-bond acceptors (Lipinski definition) is 6. The fourth-order valence-electron chi connectivity index (χ4n) is 1.55. The number of fused-ring (bicyclic) bond motifs is 1. The Bertz CT molecular complexity index is 687. The third-order valence-electron chi connectivity index (χ3n) is 2.37. The van der Waals surface area contributed by atoms with E-state index in [1.165, 1.54) is 0 Å². The minimum Gasteiger partial charge on any atom is -0.501 e. The van der Waals surface area contributed by atoms with Crippen LogP contribution in [0.1, 0.15) is 5.56 Å². The number of phenols is 2. The summed E-state index contributed by atoms with van der Waals surface area (Å²) in [4.78, 5) is 20.9. The van der Waals surface area contributed by atoms with Crippen molar-refractivity contribution in [1.82, 2.24) is 0 Å². The van der Waals surface area contributed by atoms with Gasteiger partial charge in [0.15, 0.2) is 5.58 Å². The molecule has 1 aromatic carbocycles. The van der Waals surface area contributed by atoms with Gasteiger partial charge in [-0.25, -0.2) is 4.79 Å². The number of rotatable bonds is 1. The van der Waals surface area contributed by atoms with Crippen LogP contribution >= 0.6 is 0 Å². The molecule has 0 atom stereocenters. The summed E-state index contributed by atoms with van der Waals surface area (Å²) in [6.07, 6.45) is 0. The highest BCUT2D eigenvalue weighted by molar-refractivity contribution is 5.90. The van der Waals surface area contributed by atoms with E-state index in [0.29, 0.717) is 5.56 Å². The van der Waals surface area contributed by atoms with Crippen molar-refractivity contribution in [3.8, 4) is 11.5 Å². The maximum absolute atomic E-state index is 11.1. The maximum Gasteiger partial charge on any atom is 0.336 e. The van der Waals surface area contributed by atoms with Crippen molar-refractivity contribution >= 4 is 16.7 Å². The molecule has 0 amide bonds. The first-order valence-electron chi connectivity index (χ1n) is 4.55. The normalized spacial score (nSPS) is 10.6. The lowest BCUT2D eigenvalue weighted by molar-refractivity contribution is -0.385. The third kappa shape index (κ3) is 1.57. The van der Waals surface area contributed by atoms with Crippen molar-refractivity contribution in [2.24, 2.45) is 0 Å². The van der Waals surface area contributed by atoms with Crippen molar-refractivity contribution in [3.05, 3.63) is 38.2 Å². The standard InChI is InChI=1S/C10H7NO6/c1-4-2-7(12)17-10-5(4)3-6(11(15)16)8(13)9(10)14/h2-3,13-14H,1H3. The van der Waals surface area contributed by atoms with Gasteiger partial charge in [0.2, 0.25) is 11.5 Å². The predicted octanol–water partition coefficient (Wildman–Crippen LogP) is 1.42. The first kappa shape index (κ1) is 10.9. The Morgan fingerprint density at radius 2 is 1.94 bits per heavy atom. The van der Waals surface area contributed by atoms with Crippen LogP contribution in [0, 0.1) is 17.0 Å². The van der Waals surface area contributed by atoms with Gasteiger partial charge in [-0.1, -0.05) is 0 Å². The van der Waals surface area contributed by atoms with E-state index in [1.807, 2.05) is 0 Å². The van der Waals surface area contributed by atoms with Crippen molar-refractivity contribution in [2.75, 3.05) is 0 Å². The van der Waals surface area contributed by atoms with Gasteiger partial charge in [0.25, 0.3) is 0 Å². The van der Waals surface area contributed by atoms with Crippen LogP contribution in [-0.4, -0.2) is 15.1 Å². The second-order valence-electron chi connectivity index (χ2n) is 3.48. The average Bonchev–Trinajstić information content (AvgIpc) is 2.23. The topological polar surface area (TPSA) is 114 Å². The quantitative estimate of drug-likeness (QED) is 0.335. The van der Waals surface area contributed by atoms with Gasteiger partial charge < -0.3 is 14.6 Å². The Balaban J connectivity index is 3.01. The lowest BCUT2D eigenvalue weighted by atomic mass is 10.1. The van der Waals surface area contributed by atoms with E-state index in [2.05, 4.69) is 0 Å². The molecule has 17 heavy (non-hydrogen) atoms. The second-order valence-corrected chi connectivity index (χ2v) is 3.48. The molecule has 0 aliphatic carbocycles. The van der Waals surface area contributed by atoms with E-state index in [4.69, 9.17) is 4.42 Å². The van der Waals surface area contributed by atoms with Crippen LogP contribution in [0.5, 0.6) is 11.5 Å². The van der Waals surface area contributed by atoms with Gasteiger partial charge in [0.1, 0.15) is 0 Å². The lowest BCUT2D eigenvalue weighted by Gasteiger charge is -2.04. The Hall–Kier alpha value is -2.57. The highest BCUT2D eigenvalue weighted by Crippen LogP contribution is 2.41. The highest BCUT2D eigenvalue weighted by Gasteiger charge is 2.23. The van der Waals surface area contributed by atoms with Crippen LogP contribution in [0.4, 0.5) is 5.69 Å². The zero-order valence-electron chi connectivity index (χ0n) is 8.63. The Kier molecular flexibility index (Phi) is 2.24. The third-order valence-corrected chi connectivity index (χ3v) is 2.37. The van der Waals surface area contributed by atoms with Crippen molar-refractivity contribution in [1.29, 1.82) is 0 Å². The van der Waals surface area contributed by atoms with E-state index in [1.54, 1.807) is 6.92 Å². The Morgan fingerprint density at radius 1 is 1.29 bits per heavy atom. The number of nitro benzene ring substituents is 1. The van der Waals surface area contributed by atoms with Crippen LogP contribution in [-0.2, 0) is 0 Å². The van der Waals surface area contributed by atoms with Gasteiger partial charge in [0.05, 0.1) is 4.92 Å². The average molecular weight is 237 g/mol. The molecule has 1 heterocycles. The molecular formula is C10H7NO6. The molecular weight excluding hydrogens is 230 g/mol. The molecule has 0 aliphatic rings. The van der Waals surface area contributed by atoms with Gasteiger partial charge in [-0.05, 0) is 12.5 Å². The molecule has 7 heteroatoms. The summed E-state index contributed by atoms with van der Waals surface area (Å²) >= 11 is 0. The Morgan fingerprint density at radius 3 is 2.53 bits per heavy atom. The van der Waals surface area contributed by atoms with Crippen molar-refractivity contribution in [3.63, 3.8) is 0 Å². The molecule has 0 saturated heterocycles. The number of aryl methyl sites for hydroxylation is 1. The number of aromatic hydroxyl groups is 2. The second kappa shape index (κ2) is 3.48. The molecule has 7 nitrogen and oxygen atoms in total. The summed E-state index contributed by atoms with van der Waals surface area (Å²) in [5.41, 5.74) is -1.21. The fourth-order valence-corrected chi connectivity index (χ4v) is 1.55. The zero-order chi connectivity index (χ0) is 12.7. The number of nitro groups is 1. The van der Waals surface area contributed by atoms with Gasteiger partial charge >= 0.3 is 11.3 Å². The molecule has 2 N–H and O–H groups in total. The molecule has 2 rings (SSSR count). The summed E-state index contributed by atoms with van der Waals surface area (Å²) in [7, 11) is 0. The number of benzene rings is 1. The number of hydrogen-bond donors (Lipinski definition) is 2. The smallest absolute Gasteiger partial charge is 0.336 e. The maximum atomic E-state index is 11.1. The molecule has 1 aromatic heterocycles. The van der Waals surface area contributed by atoms with Crippen molar-refractivity contribution < 1.29 is 19.6 Å². The van der Waals surface area contributed by atoms with Crippen LogP contribution in [0.2, 0.25) is 0 Å². The van der Waals surface area contributed by atoms with E-state index >= 15 is 0 Å². The molecule has 88 valence electrons. The molecule has 0 fully saturated rings. The van der Waals surface area contributed by atoms with Crippen LogP contribution < -0.4 is 5.63 Å². The summed E-state index contributed by atoms with van der Waals surface area (Å²) in [6.45, 7) is 1.54. The van der Waals surface area contributed by atoms with E-state index in [-0.39, 0.29) is 11.0 Å². The van der Waals surface area contributed by atoms with E-state index < -0.39 is 27.7 Å². The monoisotopic (exact) mass is 237 g/mol. The zero-order valence-corrected chi connectivity index (χ0v) is 8.63. The molecule has 0 saturated carbocycles. The predicted molar refractivity (Wildman–Crippen MR) is 57.2 cm³/mol. The van der Waals surface area contributed by atoms with Gasteiger partial charge in [-0.15, -0.1) is 0 Å². The molecule has 0 radical (unpaired) electrons. The van der Waals surface area contributed by atoms with Gasteiger partial charge in [-0.3, -0.25) is 10.1 Å². The minimum absolute atomic E-state index is 0.201. The minimum atomic E-state index is -0.920. The van der Waals surface area contributed by atoms with Crippen LogP contribution in [0.25, 0.3) is 11.0 Å². The summed E-state index contributed by atoms with van der Waals surface area (Å²) < 4.78 is 4.70. The fraction of sp³-hybridized carbons (Fsp3) is 0.100. The molecule has 2 aromatic rings. The van der Waals surface area contributed by atoms with Gasteiger partial charge in [0, 0.05) is 17.5 Å². The van der Waals surface area contributed by atoms with Crippen LogP contribution in [0.3, 0.4) is 0 Å². The van der Waals surface area contributed by atoms with Gasteiger partial charge in [-0.2, -0.15) is 0 Å². The largest absolute Gasteiger partial charge is 0.501 e. The first-order chi connectivity index (χ1) is 7.91.